The lowest BCUT2D eigenvalue weighted by Gasteiger charge is -2.26. The normalized spacial score (nSPS) is 12.8. The van der Waals surface area contributed by atoms with Crippen molar-refractivity contribution in [2.45, 2.75) is 13.8 Å². The number of fused-ring (bicyclic) bond motifs is 4. The summed E-state index contributed by atoms with van der Waals surface area (Å²) in [6, 6.07) is 19.3. The average Bonchev–Trinajstić information content (AvgIpc) is 3.30. The zero-order chi connectivity index (χ0) is 25.1. The maximum absolute atomic E-state index is 14.8. The van der Waals surface area contributed by atoms with Crippen molar-refractivity contribution < 1.29 is 13.9 Å². The number of carbonyl (C=O) groups excluding carboxylic acids is 1. The highest BCUT2D eigenvalue weighted by atomic mass is 32.1. The van der Waals surface area contributed by atoms with E-state index in [2.05, 4.69) is 0 Å². The van der Waals surface area contributed by atoms with E-state index < -0.39 is 5.82 Å². The molecule has 5 nitrogen and oxygen atoms in total. The van der Waals surface area contributed by atoms with Gasteiger partial charge < -0.3 is 9.30 Å². The number of carbonyl (C=O) groups is 1. The topological polar surface area (TPSA) is 51.5 Å². The summed E-state index contributed by atoms with van der Waals surface area (Å²) in [4.78, 5) is 29.0. The molecular formula is C29H21FN2O3S. The molecule has 0 radical (unpaired) electrons. The second kappa shape index (κ2) is 8.17. The fraction of sp³-hybridized carbons (Fsp3) is 0.103. The van der Waals surface area contributed by atoms with E-state index in [1.165, 1.54) is 21.6 Å². The van der Waals surface area contributed by atoms with E-state index in [-0.39, 0.29) is 11.5 Å². The molecule has 3 heterocycles. The molecule has 0 aliphatic carbocycles. The van der Waals surface area contributed by atoms with Crippen molar-refractivity contribution in [3.05, 3.63) is 105 Å². The lowest BCUT2D eigenvalue weighted by molar-refractivity contribution is 0.100. The Hall–Kier alpha value is -4.23. The van der Waals surface area contributed by atoms with Crippen molar-refractivity contribution in [1.82, 2.24) is 4.57 Å². The number of anilines is 2. The molecule has 7 heteroatoms. The Bertz CT molecular complexity index is 1750. The van der Waals surface area contributed by atoms with Gasteiger partial charge in [0.15, 0.2) is 5.75 Å². The van der Waals surface area contributed by atoms with Gasteiger partial charge in [-0.25, -0.2) is 4.39 Å². The zero-order valence-electron chi connectivity index (χ0n) is 19.8. The molecule has 2 aromatic heterocycles. The third-order valence-corrected chi connectivity index (χ3v) is 7.50. The molecule has 0 spiro atoms. The Balaban J connectivity index is 1.77. The van der Waals surface area contributed by atoms with Gasteiger partial charge in [0.2, 0.25) is 0 Å². The summed E-state index contributed by atoms with van der Waals surface area (Å²) < 4.78 is 23.3. The van der Waals surface area contributed by atoms with Crippen LogP contribution in [-0.4, -0.2) is 10.5 Å². The van der Waals surface area contributed by atoms with Gasteiger partial charge in [0.1, 0.15) is 16.3 Å². The molecular weight excluding hydrogens is 475 g/mol. The minimum Gasteiger partial charge on any atom is -0.454 e. The summed E-state index contributed by atoms with van der Waals surface area (Å²) in [5, 5.41) is 0.684. The van der Waals surface area contributed by atoms with Crippen LogP contribution in [0.2, 0.25) is 0 Å². The second-order valence-electron chi connectivity index (χ2n) is 8.96. The van der Waals surface area contributed by atoms with E-state index in [9.17, 15) is 14.0 Å². The van der Waals surface area contributed by atoms with Crippen molar-refractivity contribution in [1.29, 1.82) is 0 Å². The lowest BCUT2D eigenvalue weighted by Crippen LogP contribution is -2.26. The number of pyridine rings is 1. The van der Waals surface area contributed by atoms with Gasteiger partial charge in [0.05, 0.1) is 10.6 Å². The molecule has 1 aliphatic heterocycles. The summed E-state index contributed by atoms with van der Waals surface area (Å²) in [6.45, 7) is 3.75. The van der Waals surface area contributed by atoms with Crippen LogP contribution in [0.5, 0.6) is 11.5 Å². The number of amides is 1. The Morgan fingerprint density at radius 1 is 0.917 bits per heavy atom. The van der Waals surface area contributed by atoms with Gasteiger partial charge in [-0.2, -0.15) is 0 Å². The third-order valence-electron chi connectivity index (χ3n) is 6.39. The summed E-state index contributed by atoms with van der Waals surface area (Å²) in [7, 11) is 1.70. The number of aromatic nitrogens is 1. The number of ether oxygens (including phenoxy) is 1. The number of aryl methyl sites for hydroxylation is 3. The van der Waals surface area contributed by atoms with Gasteiger partial charge in [-0.1, -0.05) is 29.8 Å². The highest BCUT2D eigenvalue weighted by Gasteiger charge is 2.29. The monoisotopic (exact) mass is 496 g/mol. The Kier molecular flexibility index (Phi) is 5.05. The second-order valence-corrected chi connectivity index (χ2v) is 10.0. The molecule has 2 bridgehead atoms. The predicted molar refractivity (Wildman–Crippen MR) is 141 cm³/mol. The number of rotatable bonds is 1. The number of hydrogen-bond donors (Lipinski definition) is 0. The zero-order valence-corrected chi connectivity index (χ0v) is 20.7. The highest BCUT2D eigenvalue weighted by molar-refractivity contribution is 7.21. The molecule has 5 aromatic rings. The SMILES string of the molecule is Cc1ccc2c(c1)-c1cn(C)c(=O)c3sc(cc13)C(=O)N(c1ccccc1)c1cc(F)cc(C)c1O2. The van der Waals surface area contributed by atoms with Crippen molar-refractivity contribution in [2.75, 3.05) is 4.90 Å². The number of halogens is 1. The molecule has 178 valence electrons. The molecule has 0 unspecified atom stereocenters. The fourth-order valence-corrected chi connectivity index (χ4v) is 5.75. The molecule has 1 aliphatic rings. The molecule has 1 amide bonds. The molecule has 0 fully saturated rings. The van der Waals surface area contributed by atoms with Crippen LogP contribution in [0.25, 0.3) is 21.2 Å². The van der Waals surface area contributed by atoms with Crippen LogP contribution in [0, 0.1) is 19.7 Å². The first-order valence-corrected chi connectivity index (χ1v) is 12.2. The van der Waals surface area contributed by atoms with E-state index >= 15 is 0 Å². The minimum absolute atomic E-state index is 0.182. The van der Waals surface area contributed by atoms with Crippen molar-refractivity contribution in [3.63, 3.8) is 0 Å². The van der Waals surface area contributed by atoms with E-state index in [1.807, 2.05) is 43.3 Å². The Morgan fingerprint density at radius 3 is 2.47 bits per heavy atom. The van der Waals surface area contributed by atoms with Gasteiger partial charge in [0, 0.05) is 41.5 Å². The molecule has 0 atom stereocenters. The van der Waals surface area contributed by atoms with Crippen molar-refractivity contribution >= 4 is 38.7 Å². The number of thiophene rings is 1. The van der Waals surface area contributed by atoms with Crippen LogP contribution in [0.3, 0.4) is 0 Å². The van der Waals surface area contributed by atoms with E-state index in [0.717, 1.165) is 28.0 Å². The largest absolute Gasteiger partial charge is 0.454 e. The maximum atomic E-state index is 14.8. The van der Waals surface area contributed by atoms with Crippen LogP contribution in [0.15, 0.2) is 77.7 Å². The van der Waals surface area contributed by atoms with Gasteiger partial charge in [-0.05, 0) is 55.8 Å². The quantitative estimate of drug-likeness (QED) is 0.249. The van der Waals surface area contributed by atoms with Gasteiger partial charge in [-0.3, -0.25) is 14.5 Å². The van der Waals surface area contributed by atoms with Crippen LogP contribution < -0.4 is 15.2 Å². The third kappa shape index (κ3) is 3.43. The van der Waals surface area contributed by atoms with E-state index in [0.29, 0.717) is 43.4 Å². The average molecular weight is 497 g/mol. The summed E-state index contributed by atoms with van der Waals surface area (Å²) in [5.74, 6) is 0.0878. The van der Waals surface area contributed by atoms with Gasteiger partial charge in [0.25, 0.3) is 11.5 Å². The predicted octanol–water partition coefficient (Wildman–Crippen LogP) is 7.11. The van der Waals surface area contributed by atoms with Gasteiger partial charge in [-0.15, -0.1) is 11.3 Å². The number of nitrogens with zero attached hydrogens (tertiary/aromatic N) is 2. The van der Waals surface area contributed by atoms with Crippen molar-refractivity contribution in [3.8, 4) is 22.6 Å². The number of hydrogen-bond acceptors (Lipinski definition) is 4. The fourth-order valence-electron chi connectivity index (χ4n) is 4.67. The first-order valence-electron chi connectivity index (χ1n) is 11.4. The molecule has 3 aromatic carbocycles. The lowest BCUT2D eigenvalue weighted by atomic mass is 10.0. The van der Waals surface area contributed by atoms with Crippen molar-refractivity contribution in [2.24, 2.45) is 7.05 Å². The van der Waals surface area contributed by atoms with Gasteiger partial charge >= 0.3 is 0 Å². The van der Waals surface area contributed by atoms with Crippen LogP contribution in [-0.2, 0) is 7.05 Å². The molecule has 6 rings (SSSR count). The minimum atomic E-state index is -0.478. The summed E-state index contributed by atoms with van der Waals surface area (Å²) in [5.41, 5.74) is 3.82. The van der Waals surface area contributed by atoms with Crippen LogP contribution in [0.4, 0.5) is 15.8 Å². The standard InChI is InChI=1S/C29H21FN2O3S/c1-16-9-10-24-20(11-16)22-15-31(3)29(34)27-21(22)14-25(36-27)28(33)32(19-7-5-4-6-8-19)23-13-18(30)12-17(2)26(23)35-24/h4-15H,1-3H3. The first-order chi connectivity index (χ1) is 17.3. The van der Waals surface area contributed by atoms with E-state index in [1.54, 1.807) is 38.4 Å². The van der Waals surface area contributed by atoms with Crippen LogP contribution >= 0.6 is 11.3 Å². The molecule has 36 heavy (non-hydrogen) atoms. The number of benzene rings is 3. The molecule has 0 saturated heterocycles. The molecule has 0 N–H and O–H groups in total. The van der Waals surface area contributed by atoms with Crippen LogP contribution in [0.1, 0.15) is 20.8 Å². The highest BCUT2D eigenvalue weighted by Crippen LogP contribution is 2.46. The molecule has 0 saturated carbocycles. The smallest absolute Gasteiger partial charge is 0.273 e. The Morgan fingerprint density at radius 2 is 1.69 bits per heavy atom. The Labute approximate surface area is 210 Å². The summed E-state index contributed by atoms with van der Waals surface area (Å²) in [6.07, 6.45) is 1.78. The first kappa shape index (κ1) is 22.2. The van der Waals surface area contributed by atoms with E-state index in [4.69, 9.17) is 4.74 Å². The maximum Gasteiger partial charge on any atom is 0.273 e. The summed E-state index contributed by atoms with van der Waals surface area (Å²) >= 11 is 1.15. The number of para-hydroxylation sites is 1.